The molecule has 1 aliphatic heterocycles. The number of piperidine rings is 1. The molecule has 4 aromatic rings. The summed E-state index contributed by atoms with van der Waals surface area (Å²) in [5.41, 5.74) is 1.88. The van der Waals surface area contributed by atoms with Gasteiger partial charge in [0, 0.05) is 35.2 Å². The van der Waals surface area contributed by atoms with E-state index in [0.717, 1.165) is 42.4 Å². The van der Waals surface area contributed by atoms with E-state index in [1.165, 1.54) is 16.5 Å². The largest absolute Gasteiger partial charge is 0.361 e. The van der Waals surface area contributed by atoms with Gasteiger partial charge in [-0.15, -0.1) is 21.5 Å². The van der Waals surface area contributed by atoms with Crippen molar-refractivity contribution in [3.8, 4) is 11.4 Å². The number of hydrogen-bond acceptors (Lipinski definition) is 6. The second kappa shape index (κ2) is 6.34. The van der Waals surface area contributed by atoms with Gasteiger partial charge in [-0.25, -0.2) is 4.98 Å². The first-order valence-corrected chi connectivity index (χ1v) is 9.78. The standard InChI is InChI=1S/C19H20N6S/c1-24-8-2-3-15(12-24)21-17-19-20-7-9-25(19)18(23-22-17)14-4-5-16-13(11-14)6-10-26-16/h4-7,9-11,15H,2-3,8,12H2,1H3,(H,21,22)/t15-/m1/s1. The van der Waals surface area contributed by atoms with E-state index in [0.29, 0.717) is 6.04 Å². The monoisotopic (exact) mass is 364 g/mol. The third kappa shape index (κ3) is 2.73. The quantitative estimate of drug-likeness (QED) is 0.603. The fraction of sp³-hybridized carbons (Fsp3) is 0.316. The number of nitrogens with one attached hydrogen (secondary N) is 1. The van der Waals surface area contributed by atoms with Crippen LogP contribution < -0.4 is 5.32 Å². The van der Waals surface area contributed by atoms with Crippen molar-refractivity contribution in [2.24, 2.45) is 0 Å². The summed E-state index contributed by atoms with van der Waals surface area (Å²) in [6, 6.07) is 8.93. The number of benzene rings is 1. The van der Waals surface area contributed by atoms with E-state index < -0.39 is 0 Å². The van der Waals surface area contributed by atoms with Crippen LogP contribution in [0.3, 0.4) is 0 Å². The topological polar surface area (TPSA) is 58.3 Å². The molecule has 3 aromatic heterocycles. The molecule has 0 bridgehead atoms. The number of aromatic nitrogens is 4. The first kappa shape index (κ1) is 15.7. The van der Waals surface area contributed by atoms with E-state index in [2.05, 4.69) is 62.1 Å². The average molecular weight is 364 g/mol. The van der Waals surface area contributed by atoms with Gasteiger partial charge in [-0.05, 0) is 61.5 Å². The van der Waals surface area contributed by atoms with Crippen molar-refractivity contribution in [2.75, 3.05) is 25.5 Å². The Bertz CT molecular complexity index is 1070. The Balaban J connectivity index is 1.53. The van der Waals surface area contributed by atoms with Gasteiger partial charge in [0.25, 0.3) is 0 Å². The Morgan fingerprint density at radius 3 is 3.12 bits per heavy atom. The molecule has 0 radical (unpaired) electrons. The Morgan fingerprint density at radius 2 is 2.19 bits per heavy atom. The summed E-state index contributed by atoms with van der Waals surface area (Å²) in [5.74, 6) is 1.58. The number of thiophene rings is 1. The summed E-state index contributed by atoms with van der Waals surface area (Å²) < 4.78 is 3.30. The van der Waals surface area contributed by atoms with Gasteiger partial charge >= 0.3 is 0 Å². The molecule has 132 valence electrons. The number of hydrogen-bond donors (Lipinski definition) is 1. The summed E-state index contributed by atoms with van der Waals surface area (Å²) >= 11 is 1.75. The predicted octanol–water partition coefficient (Wildman–Crippen LogP) is 3.51. The van der Waals surface area contributed by atoms with Crippen LogP contribution in [-0.2, 0) is 0 Å². The van der Waals surface area contributed by atoms with Crippen LogP contribution in [0.25, 0.3) is 27.1 Å². The molecule has 1 saturated heterocycles. The van der Waals surface area contributed by atoms with Crippen molar-refractivity contribution >= 4 is 32.9 Å². The highest BCUT2D eigenvalue weighted by Gasteiger charge is 2.20. The second-order valence-corrected chi connectivity index (χ2v) is 7.86. The second-order valence-electron chi connectivity index (χ2n) is 6.91. The molecule has 6 nitrogen and oxygen atoms in total. The molecule has 0 unspecified atom stereocenters. The third-order valence-corrected chi connectivity index (χ3v) is 5.90. The number of likely N-dealkylation sites (N-methyl/N-ethyl adjacent to an activating group) is 1. The maximum absolute atomic E-state index is 4.53. The molecule has 5 rings (SSSR count). The van der Waals surface area contributed by atoms with Gasteiger partial charge in [0.15, 0.2) is 17.3 Å². The van der Waals surface area contributed by atoms with Gasteiger partial charge in [-0.3, -0.25) is 4.40 Å². The molecular formula is C19H20N6S. The highest BCUT2D eigenvalue weighted by molar-refractivity contribution is 7.17. The van der Waals surface area contributed by atoms with Gasteiger partial charge < -0.3 is 10.2 Å². The first-order valence-electron chi connectivity index (χ1n) is 8.90. The molecule has 1 aliphatic rings. The maximum Gasteiger partial charge on any atom is 0.192 e. The van der Waals surface area contributed by atoms with Gasteiger partial charge in [-0.2, -0.15) is 0 Å². The highest BCUT2D eigenvalue weighted by atomic mass is 32.1. The van der Waals surface area contributed by atoms with Gasteiger partial charge in [0.05, 0.1) is 0 Å². The Hall–Kier alpha value is -2.51. The maximum atomic E-state index is 4.53. The number of fused-ring (bicyclic) bond motifs is 2. The number of likely N-dealkylation sites (tertiary alicyclic amines) is 1. The van der Waals surface area contributed by atoms with Crippen LogP contribution >= 0.6 is 11.3 Å². The van der Waals surface area contributed by atoms with E-state index in [-0.39, 0.29) is 0 Å². The summed E-state index contributed by atoms with van der Waals surface area (Å²) in [6.07, 6.45) is 6.11. The van der Waals surface area contributed by atoms with E-state index >= 15 is 0 Å². The molecule has 26 heavy (non-hydrogen) atoms. The zero-order chi connectivity index (χ0) is 17.5. The Labute approximate surface area is 155 Å². The minimum Gasteiger partial charge on any atom is -0.361 e. The lowest BCUT2D eigenvalue weighted by molar-refractivity contribution is 0.260. The van der Waals surface area contributed by atoms with Crippen molar-refractivity contribution in [2.45, 2.75) is 18.9 Å². The van der Waals surface area contributed by atoms with E-state index in [1.54, 1.807) is 11.3 Å². The van der Waals surface area contributed by atoms with Crippen molar-refractivity contribution in [1.82, 2.24) is 24.5 Å². The number of anilines is 1. The fourth-order valence-electron chi connectivity index (χ4n) is 3.71. The number of imidazole rings is 1. The van der Waals surface area contributed by atoms with Crippen LogP contribution in [0.5, 0.6) is 0 Å². The van der Waals surface area contributed by atoms with Crippen molar-refractivity contribution in [1.29, 1.82) is 0 Å². The fourth-order valence-corrected chi connectivity index (χ4v) is 4.48. The lowest BCUT2D eigenvalue weighted by atomic mass is 10.1. The molecule has 1 atom stereocenters. The zero-order valence-corrected chi connectivity index (χ0v) is 15.4. The lowest BCUT2D eigenvalue weighted by Crippen LogP contribution is -2.40. The summed E-state index contributed by atoms with van der Waals surface area (Å²) in [4.78, 5) is 6.88. The average Bonchev–Trinajstić information content (AvgIpc) is 3.31. The molecular weight excluding hydrogens is 344 g/mol. The molecule has 1 fully saturated rings. The smallest absolute Gasteiger partial charge is 0.192 e. The van der Waals surface area contributed by atoms with Gasteiger partial charge in [-0.1, -0.05) is 0 Å². The molecule has 0 aliphatic carbocycles. The van der Waals surface area contributed by atoms with Crippen molar-refractivity contribution in [3.63, 3.8) is 0 Å². The molecule has 4 heterocycles. The highest BCUT2D eigenvalue weighted by Crippen LogP contribution is 2.28. The first-order chi connectivity index (χ1) is 12.8. The molecule has 0 saturated carbocycles. The van der Waals surface area contributed by atoms with Crippen molar-refractivity contribution < 1.29 is 0 Å². The van der Waals surface area contributed by atoms with Crippen LogP contribution in [-0.4, -0.2) is 50.7 Å². The number of nitrogens with zero attached hydrogens (tertiary/aromatic N) is 5. The lowest BCUT2D eigenvalue weighted by Gasteiger charge is -2.30. The Morgan fingerprint density at radius 1 is 1.23 bits per heavy atom. The zero-order valence-electron chi connectivity index (χ0n) is 14.6. The minimum absolute atomic E-state index is 0.386. The van der Waals surface area contributed by atoms with E-state index in [4.69, 9.17) is 0 Å². The summed E-state index contributed by atoms with van der Waals surface area (Å²) in [6.45, 7) is 2.18. The van der Waals surface area contributed by atoms with E-state index in [1.807, 2.05) is 16.8 Å². The SMILES string of the molecule is CN1CCC[C@@H](Nc2nnc(-c3ccc4sccc4c3)n3ccnc23)C1. The van der Waals surface area contributed by atoms with Crippen LogP contribution in [0, 0.1) is 0 Å². The molecule has 1 aromatic carbocycles. The molecule has 0 spiro atoms. The van der Waals surface area contributed by atoms with Gasteiger partial charge in [0.2, 0.25) is 0 Å². The Kier molecular flexibility index (Phi) is 3.83. The normalized spacial score (nSPS) is 18.6. The van der Waals surface area contributed by atoms with Crippen LogP contribution in [0.15, 0.2) is 42.0 Å². The van der Waals surface area contributed by atoms with Crippen LogP contribution in [0.1, 0.15) is 12.8 Å². The molecule has 7 heteroatoms. The van der Waals surface area contributed by atoms with E-state index in [9.17, 15) is 0 Å². The van der Waals surface area contributed by atoms with Gasteiger partial charge in [0.1, 0.15) is 0 Å². The molecule has 0 amide bonds. The minimum atomic E-state index is 0.386. The summed E-state index contributed by atoms with van der Waals surface area (Å²) in [7, 11) is 2.16. The predicted molar refractivity (Wildman–Crippen MR) is 106 cm³/mol. The number of rotatable bonds is 3. The van der Waals surface area contributed by atoms with Crippen molar-refractivity contribution in [3.05, 3.63) is 42.0 Å². The summed E-state index contributed by atoms with van der Waals surface area (Å²) in [5, 5.41) is 15.9. The molecule has 1 N–H and O–H groups in total. The van der Waals surface area contributed by atoms with Crippen LogP contribution in [0.2, 0.25) is 0 Å². The third-order valence-electron chi connectivity index (χ3n) is 5.00. The van der Waals surface area contributed by atoms with Crippen LogP contribution in [0.4, 0.5) is 5.82 Å².